The smallest absolute Gasteiger partial charge is 0.344 e. The van der Waals surface area contributed by atoms with E-state index >= 15 is 0 Å². The number of amides is 1. The van der Waals surface area contributed by atoms with Crippen LogP contribution in [0.3, 0.4) is 0 Å². The molecule has 7 heteroatoms. The molecular weight excluding hydrogens is 448 g/mol. The maximum atomic E-state index is 13.3. The molecule has 6 nitrogen and oxygen atoms in total. The Morgan fingerprint density at radius 3 is 2.24 bits per heavy atom. The summed E-state index contributed by atoms with van der Waals surface area (Å²) in [6.07, 6.45) is 0.881. The van der Waals surface area contributed by atoms with Crippen molar-refractivity contribution in [1.82, 2.24) is 4.90 Å². The number of amidine groups is 1. The van der Waals surface area contributed by atoms with Crippen LogP contribution in [0.5, 0.6) is 5.75 Å². The van der Waals surface area contributed by atoms with Crippen molar-refractivity contribution in [2.45, 2.75) is 26.1 Å². The Labute approximate surface area is 202 Å². The summed E-state index contributed by atoms with van der Waals surface area (Å²) < 4.78 is 5.38. The van der Waals surface area contributed by atoms with E-state index < -0.39 is 12.1 Å². The molecule has 4 rings (SSSR count). The van der Waals surface area contributed by atoms with E-state index in [1.54, 1.807) is 29.2 Å². The highest BCUT2D eigenvalue weighted by Crippen LogP contribution is 2.34. The van der Waals surface area contributed by atoms with E-state index in [-0.39, 0.29) is 5.91 Å². The first kappa shape index (κ1) is 23.3. The van der Waals surface area contributed by atoms with Crippen LogP contribution >= 0.6 is 11.8 Å². The van der Waals surface area contributed by atoms with E-state index in [0.29, 0.717) is 28.9 Å². The van der Waals surface area contributed by atoms with Gasteiger partial charge in [0.05, 0.1) is 18.0 Å². The molecule has 34 heavy (non-hydrogen) atoms. The summed E-state index contributed by atoms with van der Waals surface area (Å²) in [5.41, 5.74) is 2.92. The Morgan fingerprint density at radius 2 is 1.62 bits per heavy atom. The third kappa shape index (κ3) is 5.94. The Balaban J connectivity index is 1.56. The van der Waals surface area contributed by atoms with E-state index in [0.717, 1.165) is 16.7 Å². The van der Waals surface area contributed by atoms with Crippen molar-refractivity contribution in [3.05, 3.63) is 107 Å². The molecule has 1 heterocycles. The third-order valence-corrected chi connectivity index (χ3v) is 6.19. The largest absolute Gasteiger partial charge is 0.479 e. The van der Waals surface area contributed by atoms with Crippen molar-refractivity contribution in [3.63, 3.8) is 0 Å². The van der Waals surface area contributed by atoms with Crippen molar-refractivity contribution in [2.24, 2.45) is 4.99 Å². The van der Waals surface area contributed by atoms with Crippen LogP contribution in [0.4, 0.5) is 0 Å². The van der Waals surface area contributed by atoms with E-state index in [2.05, 4.69) is 0 Å². The van der Waals surface area contributed by atoms with Gasteiger partial charge in [-0.05, 0) is 53.6 Å². The number of aliphatic carboxylic acids is 1. The average molecular weight is 473 g/mol. The molecule has 1 atom stereocenters. The number of nitrogens with zero attached hydrogens (tertiary/aromatic N) is 2. The summed E-state index contributed by atoms with van der Waals surface area (Å²) in [7, 11) is 0. The number of carboxylic acids is 1. The molecule has 1 N–H and O–H groups in total. The second kappa shape index (κ2) is 10.9. The van der Waals surface area contributed by atoms with Crippen molar-refractivity contribution < 1.29 is 19.4 Å². The van der Waals surface area contributed by atoms with Crippen LogP contribution in [-0.2, 0) is 22.7 Å². The normalized spacial score (nSPS) is 16.7. The van der Waals surface area contributed by atoms with Crippen LogP contribution in [0.2, 0.25) is 0 Å². The van der Waals surface area contributed by atoms with E-state index in [1.807, 2.05) is 66.7 Å². The van der Waals surface area contributed by atoms with Gasteiger partial charge in [-0.1, -0.05) is 72.8 Å². The molecule has 0 aliphatic carbocycles. The summed E-state index contributed by atoms with van der Waals surface area (Å²) in [6, 6.07) is 26.8. The highest BCUT2D eigenvalue weighted by atomic mass is 32.2. The molecule has 172 valence electrons. The number of benzene rings is 3. The number of carboxylic acid groups (broad SMARTS) is 1. The lowest BCUT2D eigenvalue weighted by Crippen LogP contribution is -2.28. The number of hydrogen-bond donors (Lipinski definition) is 1. The van der Waals surface area contributed by atoms with Crippen LogP contribution in [0, 0.1) is 0 Å². The van der Waals surface area contributed by atoms with Gasteiger partial charge >= 0.3 is 5.97 Å². The zero-order valence-corrected chi connectivity index (χ0v) is 19.4. The SMILES string of the molecule is C[C@H](Oc1ccc(/C=C2\SC(=NCc3ccccc3)N(Cc3ccccc3)C2=O)cc1)C(=O)O. The minimum absolute atomic E-state index is 0.0968. The first-order valence-electron chi connectivity index (χ1n) is 10.8. The van der Waals surface area contributed by atoms with Crippen LogP contribution < -0.4 is 4.74 Å². The molecule has 1 aliphatic rings. The number of thioether (sulfide) groups is 1. The Hall–Kier alpha value is -3.84. The monoisotopic (exact) mass is 472 g/mol. The van der Waals surface area contributed by atoms with E-state index in [1.165, 1.54) is 18.7 Å². The summed E-state index contributed by atoms with van der Waals surface area (Å²) in [4.78, 5) is 31.3. The number of hydrogen-bond acceptors (Lipinski definition) is 5. The maximum absolute atomic E-state index is 13.3. The van der Waals surface area contributed by atoms with Gasteiger partial charge in [-0.2, -0.15) is 0 Å². The van der Waals surface area contributed by atoms with E-state index in [9.17, 15) is 9.59 Å². The van der Waals surface area contributed by atoms with Crippen molar-refractivity contribution in [3.8, 4) is 5.75 Å². The minimum Gasteiger partial charge on any atom is -0.479 e. The first-order valence-corrected chi connectivity index (χ1v) is 11.6. The average Bonchev–Trinajstić information content (AvgIpc) is 3.14. The zero-order valence-electron chi connectivity index (χ0n) is 18.6. The quantitative estimate of drug-likeness (QED) is 0.455. The van der Waals surface area contributed by atoms with Crippen molar-refractivity contribution in [1.29, 1.82) is 0 Å². The first-order chi connectivity index (χ1) is 16.5. The second-order valence-electron chi connectivity index (χ2n) is 7.74. The fourth-order valence-electron chi connectivity index (χ4n) is 3.32. The molecule has 0 radical (unpaired) electrons. The van der Waals surface area contributed by atoms with Gasteiger partial charge in [0.2, 0.25) is 0 Å². The molecule has 0 spiro atoms. The van der Waals surface area contributed by atoms with Crippen molar-refractivity contribution in [2.75, 3.05) is 0 Å². The van der Waals surface area contributed by atoms with Crippen LogP contribution in [0.25, 0.3) is 6.08 Å². The number of carbonyl (C=O) groups excluding carboxylic acids is 1. The van der Waals surface area contributed by atoms with Crippen LogP contribution in [-0.4, -0.2) is 33.2 Å². The molecule has 0 aromatic heterocycles. The molecule has 0 saturated carbocycles. The molecule has 0 unspecified atom stereocenters. The van der Waals surface area contributed by atoms with E-state index in [4.69, 9.17) is 14.8 Å². The number of carbonyl (C=O) groups is 2. The fraction of sp³-hybridized carbons (Fsp3) is 0.148. The molecule has 1 aliphatic heterocycles. The van der Waals surface area contributed by atoms with Gasteiger partial charge in [0.15, 0.2) is 11.3 Å². The molecular formula is C27H24N2O4S. The third-order valence-electron chi connectivity index (χ3n) is 5.15. The number of aliphatic imine (C=N–C) groups is 1. The molecule has 3 aromatic carbocycles. The van der Waals surface area contributed by atoms with Gasteiger partial charge < -0.3 is 9.84 Å². The van der Waals surface area contributed by atoms with Gasteiger partial charge in [0, 0.05) is 0 Å². The standard InChI is InChI=1S/C27H24N2O4S/c1-19(26(31)32)33-23-14-12-20(13-15-23)16-24-25(30)29(18-22-10-6-3-7-11-22)27(34-24)28-17-21-8-4-2-5-9-21/h2-16,19H,17-18H2,1H3,(H,31,32)/b24-16-,28-27?/t19-/m0/s1. The summed E-state index contributed by atoms with van der Waals surface area (Å²) >= 11 is 1.36. The Kier molecular flexibility index (Phi) is 7.44. The van der Waals surface area contributed by atoms with Gasteiger partial charge in [0.1, 0.15) is 5.75 Å². The Bertz CT molecular complexity index is 1210. The van der Waals surface area contributed by atoms with Gasteiger partial charge in [0.25, 0.3) is 5.91 Å². The molecule has 1 amide bonds. The van der Waals surface area contributed by atoms with Gasteiger partial charge in [-0.3, -0.25) is 14.7 Å². The number of ether oxygens (including phenoxy) is 1. The predicted octanol–water partition coefficient (Wildman–Crippen LogP) is 5.21. The molecule has 1 saturated heterocycles. The lowest BCUT2D eigenvalue weighted by molar-refractivity contribution is -0.144. The summed E-state index contributed by atoms with van der Waals surface area (Å²) in [5, 5.41) is 9.66. The molecule has 0 bridgehead atoms. The van der Waals surface area contributed by atoms with Crippen molar-refractivity contribution >= 4 is 34.9 Å². The Morgan fingerprint density at radius 1 is 1.00 bits per heavy atom. The highest BCUT2D eigenvalue weighted by molar-refractivity contribution is 8.18. The fourth-order valence-corrected chi connectivity index (χ4v) is 4.30. The van der Waals surface area contributed by atoms with Gasteiger partial charge in [-0.25, -0.2) is 4.79 Å². The summed E-state index contributed by atoms with van der Waals surface area (Å²) in [6.45, 7) is 2.41. The lowest BCUT2D eigenvalue weighted by Gasteiger charge is -2.15. The summed E-state index contributed by atoms with van der Waals surface area (Å²) in [5.74, 6) is -0.668. The number of rotatable bonds is 8. The van der Waals surface area contributed by atoms with Crippen LogP contribution in [0.1, 0.15) is 23.6 Å². The molecule has 3 aromatic rings. The zero-order chi connectivity index (χ0) is 23.9. The van der Waals surface area contributed by atoms with Gasteiger partial charge in [-0.15, -0.1) is 0 Å². The maximum Gasteiger partial charge on any atom is 0.344 e. The second-order valence-corrected chi connectivity index (χ2v) is 8.75. The topological polar surface area (TPSA) is 79.2 Å². The minimum atomic E-state index is -1.03. The lowest BCUT2D eigenvalue weighted by atomic mass is 10.2. The highest BCUT2D eigenvalue weighted by Gasteiger charge is 2.33. The molecule has 1 fully saturated rings. The predicted molar refractivity (Wildman–Crippen MR) is 134 cm³/mol. The van der Waals surface area contributed by atoms with Crippen LogP contribution in [0.15, 0.2) is 94.8 Å².